The topological polar surface area (TPSA) is 61.2 Å². The van der Waals surface area contributed by atoms with Gasteiger partial charge >= 0.3 is 0 Å². The van der Waals surface area contributed by atoms with Gasteiger partial charge in [0.2, 0.25) is 0 Å². The maximum absolute atomic E-state index is 12.0. The van der Waals surface area contributed by atoms with Gasteiger partial charge in [-0.15, -0.1) is 0 Å². The van der Waals surface area contributed by atoms with Gasteiger partial charge in [-0.1, -0.05) is 19.1 Å². The number of aromatic nitrogens is 2. The summed E-state index contributed by atoms with van der Waals surface area (Å²) in [5.74, 6) is 0.732. The Bertz CT molecular complexity index is 720. The van der Waals surface area contributed by atoms with Crippen LogP contribution in [0.2, 0.25) is 0 Å². The fourth-order valence-electron chi connectivity index (χ4n) is 2.15. The van der Waals surface area contributed by atoms with Gasteiger partial charge in [-0.3, -0.25) is 9.59 Å². The molecule has 0 saturated heterocycles. The summed E-state index contributed by atoms with van der Waals surface area (Å²) in [6.07, 6.45) is 1.42. The van der Waals surface area contributed by atoms with Crippen molar-refractivity contribution < 1.29 is 9.53 Å². The molecule has 0 aliphatic rings. The van der Waals surface area contributed by atoms with Crippen molar-refractivity contribution in [1.29, 1.82) is 0 Å². The Balaban J connectivity index is 2.50. The second-order valence-corrected chi connectivity index (χ2v) is 5.33. The van der Waals surface area contributed by atoms with Crippen LogP contribution in [0, 0.1) is 0 Å². The van der Waals surface area contributed by atoms with E-state index in [1.54, 1.807) is 0 Å². The second kappa shape index (κ2) is 7.02. The molecule has 0 N–H and O–H groups in total. The Hall–Kier alpha value is -2.43. The summed E-state index contributed by atoms with van der Waals surface area (Å²) in [5.41, 5.74) is 1.17. The van der Waals surface area contributed by atoms with E-state index >= 15 is 0 Å². The first-order chi connectivity index (χ1) is 10.5. The average molecular weight is 300 g/mol. The second-order valence-electron chi connectivity index (χ2n) is 5.33. The quantitative estimate of drug-likeness (QED) is 0.770. The maximum Gasteiger partial charge on any atom is 0.277 e. The van der Waals surface area contributed by atoms with E-state index in [4.69, 9.17) is 4.74 Å². The molecule has 5 nitrogen and oxygen atoms in total. The highest BCUT2D eigenvalue weighted by Gasteiger charge is 2.10. The van der Waals surface area contributed by atoms with Crippen LogP contribution in [0.5, 0.6) is 5.75 Å². The summed E-state index contributed by atoms with van der Waals surface area (Å²) >= 11 is 0. The van der Waals surface area contributed by atoms with E-state index in [2.05, 4.69) is 5.10 Å². The normalized spacial score (nSPS) is 10.7. The molecule has 0 aliphatic carbocycles. The Labute approximate surface area is 129 Å². The Morgan fingerprint density at radius 2 is 2.09 bits per heavy atom. The number of hydrogen-bond acceptors (Lipinski definition) is 4. The van der Waals surface area contributed by atoms with Gasteiger partial charge in [0.25, 0.3) is 5.56 Å². The maximum atomic E-state index is 12.0. The van der Waals surface area contributed by atoms with E-state index in [0.717, 1.165) is 17.7 Å². The number of benzene rings is 1. The van der Waals surface area contributed by atoms with E-state index in [0.29, 0.717) is 18.5 Å². The van der Waals surface area contributed by atoms with Crippen LogP contribution in [-0.4, -0.2) is 22.2 Å². The van der Waals surface area contributed by atoms with Crippen molar-refractivity contribution in [1.82, 2.24) is 9.78 Å². The van der Waals surface area contributed by atoms with Crippen LogP contribution in [0.3, 0.4) is 0 Å². The summed E-state index contributed by atoms with van der Waals surface area (Å²) in [6.45, 7) is 6.35. The monoisotopic (exact) mass is 300 g/mol. The fourth-order valence-corrected chi connectivity index (χ4v) is 2.15. The van der Waals surface area contributed by atoms with Crippen LogP contribution in [0.25, 0.3) is 11.3 Å². The van der Waals surface area contributed by atoms with Crippen molar-refractivity contribution in [3.8, 4) is 17.0 Å². The molecule has 0 atom stereocenters. The molecule has 0 fully saturated rings. The van der Waals surface area contributed by atoms with Crippen molar-refractivity contribution >= 4 is 6.29 Å². The molecule has 0 radical (unpaired) electrons. The van der Waals surface area contributed by atoms with E-state index < -0.39 is 0 Å². The lowest BCUT2D eigenvalue weighted by molar-refractivity contribution is 0.112. The minimum absolute atomic E-state index is 0.0720. The van der Waals surface area contributed by atoms with Gasteiger partial charge in [-0.05, 0) is 38.5 Å². The first-order valence-electron chi connectivity index (χ1n) is 7.39. The van der Waals surface area contributed by atoms with Crippen LogP contribution < -0.4 is 10.3 Å². The molecule has 5 heteroatoms. The van der Waals surface area contributed by atoms with Crippen molar-refractivity contribution in [3.63, 3.8) is 0 Å². The minimum atomic E-state index is -0.352. The molecular formula is C17H20N2O3. The Morgan fingerprint density at radius 3 is 2.73 bits per heavy atom. The molecular weight excluding hydrogens is 280 g/mol. The molecule has 0 unspecified atom stereocenters. The summed E-state index contributed by atoms with van der Waals surface area (Å²) in [6, 6.07) is 9.00. The SMILES string of the molecule is CCCn1nc(-c2cccc(OC(C)C)c2)cc(C=O)c1=O. The third-order valence-electron chi connectivity index (χ3n) is 3.07. The molecule has 0 saturated carbocycles. The van der Waals surface area contributed by atoms with Gasteiger partial charge < -0.3 is 4.74 Å². The van der Waals surface area contributed by atoms with Crippen LogP contribution in [0.1, 0.15) is 37.6 Å². The molecule has 1 heterocycles. The standard InChI is InChI=1S/C17H20N2O3/c1-4-8-19-17(21)14(11-20)10-16(18-19)13-6-5-7-15(9-13)22-12(2)3/h5-7,9-12H,4,8H2,1-3H3. The van der Waals surface area contributed by atoms with Gasteiger partial charge in [0.1, 0.15) is 5.75 Å². The Kier molecular flexibility index (Phi) is 5.09. The number of aldehydes is 1. The highest BCUT2D eigenvalue weighted by molar-refractivity contribution is 5.77. The number of ether oxygens (including phenoxy) is 1. The number of rotatable bonds is 6. The third-order valence-corrected chi connectivity index (χ3v) is 3.07. The molecule has 0 spiro atoms. The molecule has 1 aromatic heterocycles. The average Bonchev–Trinajstić information content (AvgIpc) is 2.49. The molecule has 22 heavy (non-hydrogen) atoms. The van der Waals surface area contributed by atoms with Gasteiger partial charge in [0, 0.05) is 12.1 Å². The zero-order valence-electron chi connectivity index (χ0n) is 13.1. The third kappa shape index (κ3) is 3.61. The van der Waals surface area contributed by atoms with Gasteiger partial charge in [-0.25, -0.2) is 4.68 Å². The number of carbonyl (C=O) groups is 1. The summed E-state index contributed by atoms with van der Waals surface area (Å²) < 4.78 is 7.01. The van der Waals surface area contributed by atoms with E-state index in [1.165, 1.54) is 10.7 Å². The first-order valence-corrected chi connectivity index (χ1v) is 7.39. The predicted octanol–water partition coefficient (Wildman–Crippen LogP) is 2.92. The summed E-state index contributed by atoms with van der Waals surface area (Å²) in [7, 11) is 0. The largest absolute Gasteiger partial charge is 0.491 e. The highest BCUT2D eigenvalue weighted by Crippen LogP contribution is 2.22. The van der Waals surface area contributed by atoms with Crippen LogP contribution in [-0.2, 0) is 6.54 Å². The van der Waals surface area contributed by atoms with Gasteiger partial charge in [0.15, 0.2) is 6.29 Å². The first kappa shape index (κ1) is 15.9. The zero-order valence-corrected chi connectivity index (χ0v) is 13.1. The lowest BCUT2D eigenvalue weighted by Crippen LogP contribution is -2.26. The number of hydrogen-bond donors (Lipinski definition) is 0. The fraction of sp³-hybridized carbons (Fsp3) is 0.353. The molecule has 0 amide bonds. The van der Waals surface area contributed by atoms with Gasteiger partial charge in [-0.2, -0.15) is 5.10 Å². The van der Waals surface area contributed by atoms with E-state index in [9.17, 15) is 9.59 Å². The van der Waals surface area contributed by atoms with E-state index in [-0.39, 0.29) is 17.2 Å². The summed E-state index contributed by atoms with van der Waals surface area (Å²) in [4.78, 5) is 23.1. The molecule has 2 aromatic rings. The molecule has 2 rings (SSSR count). The molecule has 0 aliphatic heterocycles. The van der Waals surface area contributed by atoms with Crippen molar-refractivity contribution in [2.45, 2.75) is 39.8 Å². The highest BCUT2D eigenvalue weighted by atomic mass is 16.5. The van der Waals surface area contributed by atoms with Crippen molar-refractivity contribution in [3.05, 3.63) is 46.2 Å². The van der Waals surface area contributed by atoms with Crippen LogP contribution >= 0.6 is 0 Å². The summed E-state index contributed by atoms with van der Waals surface area (Å²) in [5, 5.41) is 4.35. The number of carbonyl (C=O) groups excluding carboxylic acids is 1. The Morgan fingerprint density at radius 1 is 1.32 bits per heavy atom. The lowest BCUT2D eigenvalue weighted by atomic mass is 10.1. The van der Waals surface area contributed by atoms with Crippen molar-refractivity contribution in [2.75, 3.05) is 0 Å². The van der Waals surface area contributed by atoms with Gasteiger partial charge in [0.05, 0.1) is 17.4 Å². The number of aryl methyl sites for hydroxylation is 1. The van der Waals surface area contributed by atoms with Crippen LogP contribution in [0.15, 0.2) is 35.1 Å². The zero-order chi connectivity index (χ0) is 16.1. The van der Waals surface area contributed by atoms with E-state index in [1.807, 2.05) is 45.0 Å². The minimum Gasteiger partial charge on any atom is -0.491 e. The smallest absolute Gasteiger partial charge is 0.277 e. The molecule has 0 bridgehead atoms. The molecule has 1 aromatic carbocycles. The van der Waals surface area contributed by atoms with Crippen molar-refractivity contribution in [2.24, 2.45) is 0 Å². The van der Waals surface area contributed by atoms with Crippen LogP contribution in [0.4, 0.5) is 0 Å². The lowest BCUT2D eigenvalue weighted by Gasteiger charge is -2.12. The molecule has 116 valence electrons. The predicted molar refractivity (Wildman–Crippen MR) is 85.4 cm³/mol. The number of nitrogens with zero attached hydrogens (tertiary/aromatic N) is 2.